The first kappa shape index (κ1) is 11.3. The molecule has 1 N–H and O–H groups in total. The number of ether oxygens (including phenoxy) is 1. The van der Waals surface area contributed by atoms with Gasteiger partial charge in [0.2, 0.25) is 0 Å². The molecule has 18 heavy (non-hydrogen) atoms. The number of aromatic hydroxyl groups is 1. The Bertz CT molecular complexity index is 577. The number of morpholine rings is 1. The topological polar surface area (TPSA) is 45.6 Å². The Morgan fingerprint density at radius 1 is 1.22 bits per heavy atom. The number of pyridine rings is 1. The van der Waals surface area contributed by atoms with Crippen LogP contribution in [0.2, 0.25) is 0 Å². The molecule has 2 heterocycles. The van der Waals surface area contributed by atoms with Crippen LogP contribution in [0.5, 0.6) is 5.75 Å². The van der Waals surface area contributed by atoms with Gasteiger partial charge in [-0.25, -0.2) is 0 Å². The molecule has 2 aromatic rings. The molecule has 0 amide bonds. The van der Waals surface area contributed by atoms with Crippen LogP contribution in [0.1, 0.15) is 5.69 Å². The van der Waals surface area contributed by atoms with Crippen molar-refractivity contribution in [1.29, 1.82) is 0 Å². The molecule has 0 atom stereocenters. The standard InChI is InChI=1S/C14H16N2O2/c1-10-8-14(17)12-9-11(2-3-13(12)15-10)16-4-6-18-7-5-16/h2-3,8-9H,4-7H2,1H3,(H,15,17). The van der Waals surface area contributed by atoms with E-state index in [-0.39, 0.29) is 0 Å². The number of hydrogen-bond acceptors (Lipinski definition) is 4. The molecular weight excluding hydrogens is 228 g/mol. The van der Waals surface area contributed by atoms with E-state index in [2.05, 4.69) is 16.0 Å². The first-order chi connectivity index (χ1) is 8.74. The molecule has 4 nitrogen and oxygen atoms in total. The van der Waals surface area contributed by atoms with Gasteiger partial charge in [-0.3, -0.25) is 4.98 Å². The summed E-state index contributed by atoms with van der Waals surface area (Å²) in [6.45, 7) is 5.19. The van der Waals surface area contributed by atoms with Gasteiger partial charge in [-0.15, -0.1) is 0 Å². The van der Waals surface area contributed by atoms with Crippen LogP contribution in [0.25, 0.3) is 10.9 Å². The summed E-state index contributed by atoms with van der Waals surface area (Å²) in [6.07, 6.45) is 0. The van der Waals surface area contributed by atoms with Gasteiger partial charge in [0.25, 0.3) is 0 Å². The van der Waals surface area contributed by atoms with E-state index in [1.165, 1.54) is 0 Å². The van der Waals surface area contributed by atoms with Gasteiger partial charge in [-0.05, 0) is 25.1 Å². The van der Waals surface area contributed by atoms with Crippen molar-refractivity contribution >= 4 is 16.6 Å². The highest BCUT2D eigenvalue weighted by atomic mass is 16.5. The van der Waals surface area contributed by atoms with E-state index in [0.29, 0.717) is 5.75 Å². The quantitative estimate of drug-likeness (QED) is 0.834. The number of anilines is 1. The molecule has 1 aliphatic rings. The van der Waals surface area contributed by atoms with Crippen molar-refractivity contribution in [3.8, 4) is 5.75 Å². The van der Waals surface area contributed by atoms with Crippen molar-refractivity contribution in [1.82, 2.24) is 4.98 Å². The third-order valence-electron chi connectivity index (χ3n) is 3.27. The fourth-order valence-electron chi connectivity index (χ4n) is 2.34. The molecule has 1 saturated heterocycles. The zero-order chi connectivity index (χ0) is 12.5. The monoisotopic (exact) mass is 244 g/mol. The van der Waals surface area contributed by atoms with Gasteiger partial charge >= 0.3 is 0 Å². The van der Waals surface area contributed by atoms with Crippen molar-refractivity contribution in [3.63, 3.8) is 0 Å². The first-order valence-corrected chi connectivity index (χ1v) is 6.17. The molecule has 1 aromatic heterocycles. The lowest BCUT2D eigenvalue weighted by Gasteiger charge is -2.29. The molecule has 94 valence electrons. The summed E-state index contributed by atoms with van der Waals surface area (Å²) in [7, 11) is 0. The minimum absolute atomic E-state index is 0.299. The van der Waals surface area contributed by atoms with E-state index in [9.17, 15) is 5.11 Å². The number of rotatable bonds is 1. The number of aryl methyl sites for hydroxylation is 1. The van der Waals surface area contributed by atoms with E-state index >= 15 is 0 Å². The summed E-state index contributed by atoms with van der Waals surface area (Å²) >= 11 is 0. The maximum atomic E-state index is 9.99. The summed E-state index contributed by atoms with van der Waals surface area (Å²) in [5.74, 6) is 0.299. The van der Waals surface area contributed by atoms with Crippen LogP contribution in [-0.4, -0.2) is 36.4 Å². The first-order valence-electron chi connectivity index (χ1n) is 6.17. The Labute approximate surface area is 106 Å². The molecule has 0 radical (unpaired) electrons. The SMILES string of the molecule is Cc1cc(O)c2cc(N3CCOCC3)ccc2n1. The molecular formula is C14H16N2O2. The van der Waals surface area contributed by atoms with Crippen LogP contribution in [0.15, 0.2) is 24.3 Å². The van der Waals surface area contributed by atoms with Gasteiger partial charge in [0.15, 0.2) is 0 Å². The van der Waals surface area contributed by atoms with Crippen LogP contribution in [0.4, 0.5) is 5.69 Å². The summed E-state index contributed by atoms with van der Waals surface area (Å²) in [5, 5.41) is 10.8. The van der Waals surface area contributed by atoms with E-state index < -0.39 is 0 Å². The van der Waals surface area contributed by atoms with Gasteiger partial charge in [-0.1, -0.05) is 0 Å². The van der Waals surface area contributed by atoms with Crippen molar-refractivity contribution in [3.05, 3.63) is 30.0 Å². The zero-order valence-electron chi connectivity index (χ0n) is 10.4. The van der Waals surface area contributed by atoms with Crippen LogP contribution >= 0.6 is 0 Å². The molecule has 3 rings (SSSR count). The van der Waals surface area contributed by atoms with E-state index in [4.69, 9.17) is 4.74 Å². The average molecular weight is 244 g/mol. The smallest absolute Gasteiger partial charge is 0.126 e. The fourth-order valence-corrected chi connectivity index (χ4v) is 2.34. The molecule has 0 unspecified atom stereocenters. The number of aromatic nitrogens is 1. The summed E-state index contributed by atoms with van der Waals surface area (Å²) in [5.41, 5.74) is 2.79. The van der Waals surface area contributed by atoms with Gasteiger partial charge in [0, 0.05) is 35.9 Å². The molecule has 1 aliphatic heterocycles. The lowest BCUT2D eigenvalue weighted by Crippen LogP contribution is -2.36. The Morgan fingerprint density at radius 2 is 2.00 bits per heavy atom. The Balaban J connectivity index is 2.04. The summed E-state index contributed by atoms with van der Waals surface area (Å²) in [4.78, 5) is 6.69. The largest absolute Gasteiger partial charge is 0.507 e. The van der Waals surface area contributed by atoms with Gasteiger partial charge in [0.1, 0.15) is 5.75 Å². The molecule has 4 heteroatoms. The molecule has 1 aromatic carbocycles. The summed E-state index contributed by atoms with van der Waals surface area (Å²) in [6, 6.07) is 7.72. The Kier molecular flexibility index (Phi) is 2.80. The van der Waals surface area contributed by atoms with E-state index in [1.807, 2.05) is 19.1 Å². The van der Waals surface area contributed by atoms with Crippen LogP contribution in [0.3, 0.4) is 0 Å². The van der Waals surface area contributed by atoms with Crippen molar-refractivity contribution in [2.75, 3.05) is 31.2 Å². The van der Waals surface area contributed by atoms with E-state index in [1.54, 1.807) is 6.07 Å². The highest BCUT2D eigenvalue weighted by Gasteiger charge is 2.12. The van der Waals surface area contributed by atoms with Crippen LogP contribution in [0, 0.1) is 6.92 Å². The Hall–Kier alpha value is -1.81. The lowest BCUT2D eigenvalue weighted by molar-refractivity contribution is 0.122. The van der Waals surface area contributed by atoms with Crippen molar-refractivity contribution in [2.24, 2.45) is 0 Å². The molecule has 1 fully saturated rings. The molecule has 0 spiro atoms. The second-order valence-electron chi connectivity index (χ2n) is 4.58. The highest BCUT2D eigenvalue weighted by Crippen LogP contribution is 2.28. The van der Waals surface area contributed by atoms with Crippen molar-refractivity contribution in [2.45, 2.75) is 6.92 Å². The number of hydrogen-bond donors (Lipinski definition) is 1. The molecule has 0 bridgehead atoms. The normalized spacial score (nSPS) is 16.2. The third kappa shape index (κ3) is 1.99. The highest BCUT2D eigenvalue weighted by molar-refractivity contribution is 5.88. The second-order valence-corrected chi connectivity index (χ2v) is 4.58. The minimum Gasteiger partial charge on any atom is -0.507 e. The Morgan fingerprint density at radius 3 is 2.78 bits per heavy atom. The number of benzene rings is 1. The van der Waals surface area contributed by atoms with Gasteiger partial charge in [0.05, 0.1) is 18.7 Å². The molecule has 0 aliphatic carbocycles. The van der Waals surface area contributed by atoms with Gasteiger partial charge in [-0.2, -0.15) is 0 Å². The van der Waals surface area contributed by atoms with Crippen molar-refractivity contribution < 1.29 is 9.84 Å². The average Bonchev–Trinajstić information content (AvgIpc) is 2.39. The minimum atomic E-state index is 0.299. The van der Waals surface area contributed by atoms with Crippen LogP contribution < -0.4 is 4.90 Å². The van der Waals surface area contributed by atoms with Crippen LogP contribution in [-0.2, 0) is 4.74 Å². The maximum Gasteiger partial charge on any atom is 0.126 e. The predicted octanol–water partition coefficient (Wildman–Crippen LogP) is 2.09. The lowest BCUT2D eigenvalue weighted by atomic mass is 10.1. The fraction of sp³-hybridized carbons (Fsp3) is 0.357. The third-order valence-corrected chi connectivity index (χ3v) is 3.27. The predicted molar refractivity (Wildman–Crippen MR) is 71.2 cm³/mol. The molecule has 0 saturated carbocycles. The van der Waals surface area contributed by atoms with E-state index in [0.717, 1.165) is 48.6 Å². The zero-order valence-corrected chi connectivity index (χ0v) is 10.4. The second kappa shape index (κ2) is 4.46. The number of fused-ring (bicyclic) bond motifs is 1. The van der Waals surface area contributed by atoms with Gasteiger partial charge < -0.3 is 14.7 Å². The summed E-state index contributed by atoms with van der Waals surface area (Å²) < 4.78 is 5.34. The number of nitrogens with zero attached hydrogens (tertiary/aromatic N) is 2. The maximum absolute atomic E-state index is 9.99.